The van der Waals surface area contributed by atoms with Crippen LogP contribution in [0.5, 0.6) is 0 Å². The van der Waals surface area contributed by atoms with Crippen LogP contribution in [0.2, 0.25) is 0 Å². The Bertz CT molecular complexity index is 276. The molecule has 1 heteroatoms. The van der Waals surface area contributed by atoms with Crippen LogP contribution in [0.1, 0.15) is 60.8 Å². The number of fused-ring (bicyclic) bond motifs is 2. The minimum Gasteiger partial charge on any atom is -0.313 e. The Balaban J connectivity index is 2.00. The van der Waals surface area contributed by atoms with Crippen molar-refractivity contribution < 1.29 is 0 Å². The van der Waals surface area contributed by atoms with Gasteiger partial charge in [0.25, 0.3) is 0 Å². The standard InChI is InChI=1S/C16H31N/c1-11(2)12(3)10-17-14-15(4,5)13-7-8-16(14,6)9-13/h11-14,17H,7-10H2,1-6H3/t12?,13-,14?,16+/m0/s1. The molecule has 0 heterocycles. The van der Waals surface area contributed by atoms with Gasteiger partial charge in [-0.1, -0.05) is 41.5 Å². The molecule has 4 atom stereocenters. The van der Waals surface area contributed by atoms with Crippen LogP contribution < -0.4 is 5.32 Å². The fraction of sp³-hybridized carbons (Fsp3) is 1.00. The van der Waals surface area contributed by atoms with E-state index < -0.39 is 0 Å². The highest BCUT2D eigenvalue weighted by Gasteiger charge is 2.58. The Morgan fingerprint density at radius 2 is 1.82 bits per heavy atom. The molecule has 100 valence electrons. The molecule has 0 spiro atoms. The Morgan fingerprint density at radius 3 is 2.29 bits per heavy atom. The van der Waals surface area contributed by atoms with Gasteiger partial charge < -0.3 is 5.32 Å². The summed E-state index contributed by atoms with van der Waals surface area (Å²) in [6, 6.07) is 0.731. The van der Waals surface area contributed by atoms with Crippen LogP contribution in [0, 0.1) is 28.6 Å². The first-order chi connectivity index (χ1) is 7.77. The number of hydrogen-bond donors (Lipinski definition) is 1. The Hall–Kier alpha value is -0.0400. The zero-order valence-corrected chi connectivity index (χ0v) is 12.6. The molecule has 0 amide bonds. The van der Waals surface area contributed by atoms with E-state index in [1.54, 1.807) is 0 Å². The van der Waals surface area contributed by atoms with E-state index in [2.05, 4.69) is 46.9 Å². The lowest BCUT2D eigenvalue weighted by Gasteiger charge is -2.44. The lowest BCUT2D eigenvalue weighted by molar-refractivity contribution is 0.104. The molecule has 2 saturated carbocycles. The molecule has 1 nitrogen and oxygen atoms in total. The third kappa shape index (κ3) is 2.16. The third-order valence-corrected chi connectivity index (χ3v) is 6.05. The average Bonchev–Trinajstić information content (AvgIpc) is 2.68. The maximum Gasteiger partial charge on any atom is 0.0175 e. The molecule has 0 aromatic heterocycles. The first-order valence-corrected chi connectivity index (χ1v) is 7.51. The largest absolute Gasteiger partial charge is 0.313 e. The molecule has 0 saturated heterocycles. The number of hydrogen-bond acceptors (Lipinski definition) is 1. The van der Waals surface area contributed by atoms with E-state index in [1.807, 2.05) is 0 Å². The van der Waals surface area contributed by atoms with Gasteiger partial charge in [-0.3, -0.25) is 0 Å². The summed E-state index contributed by atoms with van der Waals surface area (Å²) < 4.78 is 0. The minimum absolute atomic E-state index is 0.504. The van der Waals surface area contributed by atoms with Gasteiger partial charge in [0.15, 0.2) is 0 Å². The smallest absolute Gasteiger partial charge is 0.0175 e. The molecule has 2 bridgehead atoms. The van der Waals surface area contributed by atoms with Gasteiger partial charge in [-0.25, -0.2) is 0 Å². The molecule has 2 aliphatic rings. The number of nitrogens with one attached hydrogen (secondary N) is 1. The maximum atomic E-state index is 3.92. The zero-order chi connectivity index (χ0) is 12.8. The highest BCUT2D eigenvalue weighted by Crippen LogP contribution is 2.62. The van der Waals surface area contributed by atoms with Crippen molar-refractivity contribution in [3.05, 3.63) is 0 Å². The van der Waals surface area contributed by atoms with E-state index in [1.165, 1.54) is 25.8 Å². The van der Waals surface area contributed by atoms with E-state index in [0.29, 0.717) is 10.8 Å². The molecule has 0 radical (unpaired) electrons. The highest BCUT2D eigenvalue weighted by molar-refractivity contribution is 5.12. The summed E-state index contributed by atoms with van der Waals surface area (Å²) >= 11 is 0. The predicted molar refractivity (Wildman–Crippen MR) is 75.0 cm³/mol. The molecule has 0 aromatic carbocycles. The Kier molecular flexibility index (Phi) is 3.36. The van der Waals surface area contributed by atoms with Crippen molar-refractivity contribution in [3.63, 3.8) is 0 Å². The second-order valence-electron chi connectivity index (χ2n) is 7.98. The summed E-state index contributed by atoms with van der Waals surface area (Å²) in [6.07, 6.45) is 4.35. The summed E-state index contributed by atoms with van der Waals surface area (Å²) in [4.78, 5) is 0. The highest BCUT2D eigenvalue weighted by atomic mass is 15.0. The molecule has 0 aromatic rings. The summed E-state index contributed by atoms with van der Waals surface area (Å²) in [5, 5.41) is 3.92. The van der Waals surface area contributed by atoms with E-state index in [0.717, 1.165) is 23.8 Å². The minimum atomic E-state index is 0.504. The lowest BCUT2D eigenvalue weighted by Crippen LogP contribution is -2.51. The summed E-state index contributed by atoms with van der Waals surface area (Å²) in [5.41, 5.74) is 1.08. The second-order valence-corrected chi connectivity index (χ2v) is 7.98. The summed E-state index contributed by atoms with van der Waals surface area (Å²) in [7, 11) is 0. The third-order valence-electron chi connectivity index (χ3n) is 6.05. The van der Waals surface area contributed by atoms with Crippen molar-refractivity contribution in [2.75, 3.05) is 6.54 Å². The normalized spacial score (nSPS) is 41.1. The van der Waals surface area contributed by atoms with Crippen molar-refractivity contribution in [3.8, 4) is 0 Å². The predicted octanol–water partition coefficient (Wildman–Crippen LogP) is 4.08. The van der Waals surface area contributed by atoms with E-state index in [-0.39, 0.29) is 0 Å². The molecule has 2 rings (SSSR count). The van der Waals surface area contributed by atoms with Crippen LogP contribution in [0.3, 0.4) is 0 Å². The van der Waals surface area contributed by atoms with E-state index in [9.17, 15) is 0 Å². The molecule has 17 heavy (non-hydrogen) atoms. The molecule has 2 aliphatic carbocycles. The van der Waals surface area contributed by atoms with Crippen molar-refractivity contribution in [2.45, 2.75) is 66.8 Å². The van der Waals surface area contributed by atoms with Crippen LogP contribution in [0.15, 0.2) is 0 Å². The molecule has 2 unspecified atom stereocenters. The first kappa shape index (κ1) is 13.4. The molecule has 1 N–H and O–H groups in total. The fourth-order valence-electron chi connectivity index (χ4n) is 4.35. The maximum absolute atomic E-state index is 3.92. The van der Waals surface area contributed by atoms with Gasteiger partial charge in [-0.15, -0.1) is 0 Å². The Morgan fingerprint density at radius 1 is 1.18 bits per heavy atom. The van der Waals surface area contributed by atoms with Gasteiger partial charge in [-0.2, -0.15) is 0 Å². The first-order valence-electron chi connectivity index (χ1n) is 7.51. The quantitative estimate of drug-likeness (QED) is 0.777. The van der Waals surface area contributed by atoms with Gasteiger partial charge >= 0.3 is 0 Å². The van der Waals surface area contributed by atoms with Gasteiger partial charge in [-0.05, 0) is 54.4 Å². The number of rotatable bonds is 4. The van der Waals surface area contributed by atoms with Gasteiger partial charge in [0, 0.05) is 6.04 Å². The van der Waals surface area contributed by atoms with E-state index >= 15 is 0 Å². The van der Waals surface area contributed by atoms with Gasteiger partial charge in [0.1, 0.15) is 0 Å². The molecule has 2 fully saturated rings. The van der Waals surface area contributed by atoms with Crippen molar-refractivity contribution in [1.82, 2.24) is 5.32 Å². The van der Waals surface area contributed by atoms with Gasteiger partial charge in [0.05, 0.1) is 0 Å². The molecular weight excluding hydrogens is 206 g/mol. The average molecular weight is 237 g/mol. The van der Waals surface area contributed by atoms with Crippen molar-refractivity contribution >= 4 is 0 Å². The molecular formula is C16H31N. The zero-order valence-electron chi connectivity index (χ0n) is 12.6. The second kappa shape index (κ2) is 4.26. The monoisotopic (exact) mass is 237 g/mol. The van der Waals surface area contributed by atoms with Gasteiger partial charge in [0.2, 0.25) is 0 Å². The van der Waals surface area contributed by atoms with Crippen molar-refractivity contribution in [2.24, 2.45) is 28.6 Å². The topological polar surface area (TPSA) is 12.0 Å². The lowest BCUT2D eigenvalue weighted by atomic mass is 9.68. The summed E-state index contributed by atoms with van der Waals surface area (Å²) in [6.45, 7) is 15.7. The van der Waals surface area contributed by atoms with Crippen LogP contribution in [-0.4, -0.2) is 12.6 Å². The van der Waals surface area contributed by atoms with Crippen LogP contribution in [0.25, 0.3) is 0 Å². The van der Waals surface area contributed by atoms with Crippen LogP contribution in [-0.2, 0) is 0 Å². The van der Waals surface area contributed by atoms with Crippen LogP contribution >= 0.6 is 0 Å². The Labute approximate surface area is 108 Å². The fourth-order valence-corrected chi connectivity index (χ4v) is 4.35. The van der Waals surface area contributed by atoms with E-state index in [4.69, 9.17) is 0 Å². The molecule has 0 aliphatic heterocycles. The van der Waals surface area contributed by atoms with Crippen LogP contribution in [0.4, 0.5) is 0 Å². The van der Waals surface area contributed by atoms with Crippen molar-refractivity contribution in [1.29, 1.82) is 0 Å². The summed E-state index contributed by atoms with van der Waals surface area (Å²) in [5.74, 6) is 2.53. The SMILES string of the molecule is CC(C)C(C)CNC1C(C)(C)[C@H]2CC[C@]1(C)C2.